The molecule has 3 nitrogen and oxygen atoms in total. The molecular weight excluding hydrogens is 154 g/mol. The van der Waals surface area contributed by atoms with Gasteiger partial charge < -0.3 is 10.4 Å². The second kappa shape index (κ2) is 2.60. The molecule has 3 heteroatoms. The maximum atomic E-state index is 10.5. The Balaban J connectivity index is 2.28. The van der Waals surface area contributed by atoms with Crippen molar-refractivity contribution in [3.05, 3.63) is 34.7 Å². The van der Waals surface area contributed by atoms with E-state index in [2.05, 4.69) is 5.32 Å². The van der Waals surface area contributed by atoms with E-state index in [0.717, 1.165) is 23.1 Å². The number of hydrogen-bond donors (Lipinski definition) is 2. The minimum atomic E-state index is 0.128. The molecule has 0 bridgehead atoms. The molecule has 1 heterocycles. The Bertz CT molecular complexity index is 323. The zero-order valence-corrected chi connectivity index (χ0v) is 6.50. The molecule has 2 rings (SSSR count). The topological polar surface area (TPSA) is 49.3 Å². The van der Waals surface area contributed by atoms with Gasteiger partial charge in [0.2, 0.25) is 0 Å². The van der Waals surface area contributed by atoms with Gasteiger partial charge in [-0.2, -0.15) is 0 Å². The van der Waals surface area contributed by atoms with Gasteiger partial charge in [0.15, 0.2) is 6.29 Å². The van der Waals surface area contributed by atoms with Gasteiger partial charge in [0.25, 0.3) is 0 Å². The van der Waals surface area contributed by atoms with E-state index in [4.69, 9.17) is 5.11 Å². The van der Waals surface area contributed by atoms with Crippen LogP contribution >= 0.6 is 0 Å². The number of carbonyl (C=O) groups excluding carboxylic acids is 1. The molecule has 1 aliphatic carbocycles. The van der Waals surface area contributed by atoms with Crippen LogP contribution in [0.3, 0.4) is 0 Å². The number of aliphatic hydroxyl groups excluding tert-OH is 1. The summed E-state index contributed by atoms with van der Waals surface area (Å²) in [5.41, 5.74) is 3.73. The molecule has 0 aromatic rings. The van der Waals surface area contributed by atoms with Crippen LogP contribution in [0, 0.1) is 0 Å². The molecule has 62 valence electrons. The Morgan fingerprint density at radius 2 is 2.42 bits per heavy atom. The molecule has 0 saturated heterocycles. The molecule has 0 atom stereocenters. The molecule has 2 N–H and O–H groups in total. The summed E-state index contributed by atoms with van der Waals surface area (Å²) in [5, 5.41) is 11.7. The van der Waals surface area contributed by atoms with Crippen LogP contribution in [-0.4, -0.2) is 18.0 Å². The van der Waals surface area contributed by atoms with Crippen molar-refractivity contribution in [1.82, 2.24) is 5.32 Å². The molecule has 0 unspecified atom stereocenters. The van der Waals surface area contributed by atoms with E-state index in [9.17, 15) is 4.79 Å². The van der Waals surface area contributed by atoms with E-state index in [1.807, 2.05) is 12.3 Å². The van der Waals surface area contributed by atoms with E-state index in [-0.39, 0.29) is 6.61 Å². The number of rotatable bonds is 3. The number of aliphatic hydroxyl groups is 1. The maximum absolute atomic E-state index is 10.5. The molecule has 0 spiro atoms. The van der Waals surface area contributed by atoms with Crippen LogP contribution in [0.15, 0.2) is 34.7 Å². The summed E-state index contributed by atoms with van der Waals surface area (Å²) in [6.45, 7) is 0.128. The van der Waals surface area contributed by atoms with Gasteiger partial charge in [-0.3, -0.25) is 4.79 Å². The molecule has 0 saturated carbocycles. The highest BCUT2D eigenvalue weighted by molar-refractivity contribution is 5.86. The first-order chi connectivity index (χ1) is 5.86. The fraction of sp³-hybridized carbons (Fsp3) is 0.222. The quantitative estimate of drug-likeness (QED) is 0.586. The normalized spacial score (nSPS) is 19.1. The third-order valence-electron chi connectivity index (χ3n) is 2.10. The third-order valence-corrected chi connectivity index (χ3v) is 2.10. The van der Waals surface area contributed by atoms with Crippen LogP contribution in [-0.2, 0) is 4.79 Å². The van der Waals surface area contributed by atoms with Gasteiger partial charge >= 0.3 is 0 Å². The highest BCUT2D eigenvalue weighted by Gasteiger charge is 2.25. The Kier molecular flexibility index (Phi) is 1.59. The van der Waals surface area contributed by atoms with Crippen molar-refractivity contribution in [2.75, 3.05) is 6.61 Å². The highest BCUT2D eigenvalue weighted by Crippen LogP contribution is 2.34. The van der Waals surface area contributed by atoms with Crippen molar-refractivity contribution in [3.8, 4) is 0 Å². The summed E-state index contributed by atoms with van der Waals surface area (Å²) < 4.78 is 0. The molecular formula is C9H9NO2. The molecule has 0 amide bonds. The minimum absolute atomic E-state index is 0.128. The first-order valence-corrected chi connectivity index (χ1v) is 3.85. The SMILES string of the molecule is O=CC1=C2NC=C2C(CCO)=C1. The summed E-state index contributed by atoms with van der Waals surface area (Å²) in [6.07, 6.45) is 5.13. The molecule has 12 heavy (non-hydrogen) atoms. The lowest BCUT2D eigenvalue weighted by molar-refractivity contribution is -0.104. The summed E-state index contributed by atoms with van der Waals surface area (Å²) in [6, 6.07) is 0. The molecule has 2 aliphatic rings. The van der Waals surface area contributed by atoms with E-state index in [1.165, 1.54) is 0 Å². The lowest BCUT2D eigenvalue weighted by Gasteiger charge is -2.19. The van der Waals surface area contributed by atoms with E-state index in [1.54, 1.807) is 0 Å². The first-order valence-electron chi connectivity index (χ1n) is 3.85. The van der Waals surface area contributed by atoms with Gasteiger partial charge in [-0.15, -0.1) is 0 Å². The average Bonchev–Trinajstić information content (AvgIpc) is 2.22. The standard InChI is InChI=1S/C9H9NO2/c11-2-1-6-3-7(5-12)9-8(6)4-10-9/h3-5,10-11H,1-2H2. The predicted octanol–water partition coefficient (Wildman–Crippen LogP) is 0.249. The fourth-order valence-electron chi connectivity index (χ4n) is 1.47. The van der Waals surface area contributed by atoms with Crippen LogP contribution in [0.25, 0.3) is 0 Å². The molecule has 0 radical (unpaired) electrons. The highest BCUT2D eigenvalue weighted by atomic mass is 16.3. The zero-order chi connectivity index (χ0) is 8.55. The Labute approximate surface area is 70.1 Å². The summed E-state index contributed by atoms with van der Waals surface area (Å²) in [4.78, 5) is 10.5. The van der Waals surface area contributed by atoms with Crippen molar-refractivity contribution in [2.24, 2.45) is 0 Å². The van der Waals surface area contributed by atoms with Gasteiger partial charge in [-0.05, 0) is 18.1 Å². The van der Waals surface area contributed by atoms with Crippen LogP contribution < -0.4 is 5.32 Å². The van der Waals surface area contributed by atoms with Gasteiger partial charge in [-0.25, -0.2) is 0 Å². The Hall–Kier alpha value is -1.35. The van der Waals surface area contributed by atoms with Gasteiger partial charge in [0, 0.05) is 24.0 Å². The van der Waals surface area contributed by atoms with E-state index < -0.39 is 0 Å². The lowest BCUT2D eigenvalue weighted by atomic mass is 10.0. The van der Waals surface area contributed by atoms with Crippen LogP contribution in [0.1, 0.15) is 6.42 Å². The monoisotopic (exact) mass is 163 g/mol. The largest absolute Gasteiger partial charge is 0.396 e. The van der Waals surface area contributed by atoms with Crippen LogP contribution in [0.5, 0.6) is 0 Å². The summed E-state index contributed by atoms with van der Waals surface area (Å²) in [5.74, 6) is 0. The fourth-order valence-corrected chi connectivity index (χ4v) is 1.47. The van der Waals surface area contributed by atoms with Crippen molar-refractivity contribution in [2.45, 2.75) is 6.42 Å². The van der Waals surface area contributed by atoms with Crippen molar-refractivity contribution in [1.29, 1.82) is 0 Å². The Morgan fingerprint density at radius 1 is 1.58 bits per heavy atom. The predicted molar refractivity (Wildman–Crippen MR) is 44.1 cm³/mol. The second-order valence-electron chi connectivity index (χ2n) is 2.79. The lowest BCUT2D eigenvalue weighted by Crippen LogP contribution is -2.19. The smallest absolute Gasteiger partial charge is 0.152 e. The third kappa shape index (κ3) is 0.833. The molecule has 0 aromatic carbocycles. The van der Waals surface area contributed by atoms with Crippen LogP contribution in [0.4, 0.5) is 0 Å². The van der Waals surface area contributed by atoms with Gasteiger partial charge in [0.1, 0.15) is 0 Å². The van der Waals surface area contributed by atoms with Crippen molar-refractivity contribution < 1.29 is 9.90 Å². The molecule has 0 aromatic heterocycles. The minimum Gasteiger partial charge on any atom is -0.396 e. The van der Waals surface area contributed by atoms with Crippen molar-refractivity contribution in [3.63, 3.8) is 0 Å². The number of nitrogens with one attached hydrogen (secondary N) is 1. The second-order valence-corrected chi connectivity index (χ2v) is 2.79. The Morgan fingerprint density at radius 3 is 2.83 bits per heavy atom. The molecule has 1 aliphatic heterocycles. The van der Waals surface area contributed by atoms with E-state index in [0.29, 0.717) is 12.0 Å². The summed E-state index contributed by atoms with van der Waals surface area (Å²) in [7, 11) is 0. The van der Waals surface area contributed by atoms with E-state index >= 15 is 0 Å². The zero-order valence-electron chi connectivity index (χ0n) is 6.50. The summed E-state index contributed by atoms with van der Waals surface area (Å²) >= 11 is 0. The number of hydrogen-bond acceptors (Lipinski definition) is 3. The van der Waals surface area contributed by atoms with Crippen molar-refractivity contribution >= 4 is 6.29 Å². The number of fused-ring (bicyclic) bond motifs is 1. The number of allylic oxidation sites excluding steroid dienone is 3. The average molecular weight is 163 g/mol. The number of carbonyl (C=O) groups is 1. The van der Waals surface area contributed by atoms with Crippen LogP contribution in [0.2, 0.25) is 0 Å². The first kappa shape index (κ1) is 7.31. The molecule has 0 fully saturated rings. The van der Waals surface area contributed by atoms with Gasteiger partial charge in [0.05, 0.1) is 5.70 Å². The maximum Gasteiger partial charge on any atom is 0.152 e. The van der Waals surface area contributed by atoms with Gasteiger partial charge in [-0.1, -0.05) is 0 Å². The number of aldehydes is 1.